The first kappa shape index (κ1) is 16.5. The lowest BCUT2D eigenvalue weighted by molar-refractivity contribution is 0.306. The van der Waals surface area contributed by atoms with Crippen molar-refractivity contribution in [1.82, 2.24) is 9.88 Å². The number of aromatic nitrogens is 1. The molecule has 25 heavy (non-hydrogen) atoms. The average Bonchev–Trinajstić information content (AvgIpc) is 3.13. The molecule has 2 aliphatic heterocycles. The first-order chi connectivity index (χ1) is 11.9. The van der Waals surface area contributed by atoms with Gasteiger partial charge in [0.2, 0.25) is 10.0 Å². The minimum absolute atomic E-state index is 0.237. The third-order valence-corrected chi connectivity index (χ3v) is 6.28. The van der Waals surface area contributed by atoms with Crippen LogP contribution in [-0.2, 0) is 22.0 Å². The normalized spacial score (nSPS) is 23.4. The molecular weight excluding hydrogens is 341 g/mol. The van der Waals surface area contributed by atoms with Crippen molar-refractivity contribution in [3.8, 4) is 0 Å². The number of pyridine rings is 1. The number of likely N-dealkylation sites (tertiary alicyclic amines) is 1. The summed E-state index contributed by atoms with van der Waals surface area (Å²) in [5.41, 5.74) is 2.37. The second kappa shape index (κ2) is 5.78. The highest BCUT2D eigenvalue weighted by Gasteiger charge is 2.50. The van der Waals surface area contributed by atoms with Crippen molar-refractivity contribution in [1.29, 1.82) is 0 Å². The van der Waals surface area contributed by atoms with E-state index in [1.807, 2.05) is 6.07 Å². The molecule has 1 unspecified atom stereocenters. The molecule has 5 nitrogen and oxygen atoms in total. The van der Waals surface area contributed by atoms with E-state index in [9.17, 15) is 12.8 Å². The van der Waals surface area contributed by atoms with Crippen LogP contribution in [0, 0.1) is 5.82 Å². The molecule has 1 atom stereocenters. The van der Waals surface area contributed by atoms with Crippen molar-refractivity contribution in [2.45, 2.75) is 18.4 Å². The van der Waals surface area contributed by atoms with E-state index in [1.165, 1.54) is 22.7 Å². The molecule has 1 fully saturated rings. The second-order valence-electron chi connectivity index (χ2n) is 7.01. The van der Waals surface area contributed by atoms with E-state index >= 15 is 0 Å². The fourth-order valence-corrected chi connectivity index (χ4v) is 4.99. The molecule has 0 amide bonds. The molecule has 3 heterocycles. The molecule has 0 bridgehead atoms. The summed E-state index contributed by atoms with van der Waals surface area (Å²) < 4.78 is 38.9. The Bertz CT molecular complexity index is 901. The van der Waals surface area contributed by atoms with Crippen LogP contribution in [0.1, 0.15) is 17.7 Å². The molecule has 1 spiro atoms. The number of halogens is 1. The maximum atomic E-state index is 13.1. The van der Waals surface area contributed by atoms with Crippen molar-refractivity contribution >= 4 is 15.7 Å². The molecule has 7 heteroatoms. The van der Waals surface area contributed by atoms with Crippen LogP contribution in [0.15, 0.2) is 42.6 Å². The van der Waals surface area contributed by atoms with Gasteiger partial charge in [0, 0.05) is 31.2 Å². The average molecular weight is 361 g/mol. The summed E-state index contributed by atoms with van der Waals surface area (Å²) in [4.78, 5) is 6.82. The number of rotatable bonds is 3. The summed E-state index contributed by atoms with van der Waals surface area (Å²) >= 11 is 0. The summed E-state index contributed by atoms with van der Waals surface area (Å²) in [5, 5.41) is 0. The molecular formula is C18H20FN3O2S. The highest BCUT2D eigenvalue weighted by atomic mass is 32.2. The van der Waals surface area contributed by atoms with Gasteiger partial charge in [0.1, 0.15) is 5.82 Å². The Hall–Kier alpha value is -1.99. The van der Waals surface area contributed by atoms with Crippen LogP contribution in [0.5, 0.6) is 0 Å². The van der Waals surface area contributed by atoms with Crippen LogP contribution in [0.25, 0.3) is 0 Å². The zero-order valence-electron chi connectivity index (χ0n) is 14.0. The van der Waals surface area contributed by atoms with Crippen molar-refractivity contribution < 1.29 is 12.8 Å². The third-order valence-electron chi connectivity index (χ3n) is 5.16. The quantitative estimate of drug-likeness (QED) is 0.841. The van der Waals surface area contributed by atoms with Crippen molar-refractivity contribution in [3.05, 3.63) is 59.7 Å². The second-order valence-corrected chi connectivity index (χ2v) is 8.92. The minimum Gasteiger partial charge on any atom is -0.298 e. The molecule has 0 N–H and O–H groups in total. The van der Waals surface area contributed by atoms with Gasteiger partial charge < -0.3 is 0 Å². The first-order valence-electron chi connectivity index (χ1n) is 8.27. The number of fused-ring (bicyclic) bond motifs is 2. The Kier molecular flexibility index (Phi) is 3.81. The Labute approximate surface area is 147 Å². The lowest BCUT2D eigenvalue weighted by atomic mass is 9.85. The van der Waals surface area contributed by atoms with Crippen LogP contribution < -0.4 is 4.31 Å². The predicted molar refractivity (Wildman–Crippen MR) is 94.4 cm³/mol. The summed E-state index contributed by atoms with van der Waals surface area (Å²) in [7, 11) is -3.33. The molecule has 0 aliphatic carbocycles. The summed E-state index contributed by atoms with van der Waals surface area (Å²) in [6.07, 6.45) is 3.84. The number of sulfonamides is 1. The van der Waals surface area contributed by atoms with Gasteiger partial charge in [-0.25, -0.2) is 12.8 Å². The van der Waals surface area contributed by atoms with E-state index in [4.69, 9.17) is 0 Å². The van der Waals surface area contributed by atoms with E-state index < -0.39 is 10.0 Å². The third kappa shape index (κ3) is 2.91. The Morgan fingerprint density at radius 1 is 1.20 bits per heavy atom. The number of anilines is 1. The molecule has 1 aromatic heterocycles. The Morgan fingerprint density at radius 2 is 1.96 bits per heavy atom. The molecule has 2 aliphatic rings. The summed E-state index contributed by atoms with van der Waals surface area (Å²) in [6, 6.07) is 10.1. The SMILES string of the molecule is CS(=O)(=O)N1CC2(CCN(Cc3ccc(F)cc3)C2)c2ncccc21. The molecule has 0 saturated carbocycles. The number of hydrogen-bond donors (Lipinski definition) is 0. The maximum absolute atomic E-state index is 13.1. The fourth-order valence-electron chi connectivity index (χ4n) is 4.00. The van der Waals surface area contributed by atoms with Gasteiger partial charge in [0.15, 0.2) is 0 Å². The van der Waals surface area contributed by atoms with Gasteiger partial charge in [-0.2, -0.15) is 0 Å². The Morgan fingerprint density at radius 3 is 2.68 bits per heavy atom. The van der Waals surface area contributed by atoms with Crippen LogP contribution in [0.2, 0.25) is 0 Å². The van der Waals surface area contributed by atoms with E-state index in [0.29, 0.717) is 12.2 Å². The molecule has 1 aromatic carbocycles. The number of benzene rings is 1. The van der Waals surface area contributed by atoms with Crippen LogP contribution >= 0.6 is 0 Å². The molecule has 2 aromatic rings. The van der Waals surface area contributed by atoms with E-state index in [0.717, 1.165) is 37.3 Å². The predicted octanol–water partition coefficient (Wildman–Crippen LogP) is 2.14. The molecule has 0 radical (unpaired) electrons. The van der Waals surface area contributed by atoms with Crippen LogP contribution in [0.4, 0.5) is 10.1 Å². The van der Waals surface area contributed by atoms with Gasteiger partial charge in [0.25, 0.3) is 0 Å². The zero-order chi connectivity index (χ0) is 17.7. The number of hydrogen-bond acceptors (Lipinski definition) is 4. The van der Waals surface area contributed by atoms with Gasteiger partial charge in [-0.05, 0) is 42.8 Å². The summed E-state index contributed by atoms with van der Waals surface area (Å²) in [6.45, 7) is 2.78. The smallest absolute Gasteiger partial charge is 0.232 e. The van der Waals surface area contributed by atoms with Crippen LogP contribution in [0.3, 0.4) is 0 Å². The summed E-state index contributed by atoms with van der Waals surface area (Å²) in [5.74, 6) is -0.237. The van der Waals surface area contributed by atoms with E-state index in [2.05, 4.69) is 9.88 Å². The highest BCUT2D eigenvalue weighted by molar-refractivity contribution is 7.92. The number of nitrogens with zero attached hydrogens (tertiary/aromatic N) is 3. The fraction of sp³-hybridized carbons (Fsp3) is 0.389. The Balaban J connectivity index is 1.60. The molecule has 4 rings (SSSR count). The van der Waals surface area contributed by atoms with Gasteiger partial charge in [0.05, 0.1) is 17.6 Å². The minimum atomic E-state index is -3.33. The van der Waals surface area contributed by atoms with Crippen molar-refractivity contribution in [2.24, 2.45) is 0 Å². The largest absolute Gasteiger partial charge is 0.298 e. The van der Waals surface area contributed by atoms with Gasteiger partial charge in [-0.3, -0.25) is 14.2 Å². The standard InChI is InChI=1S/C18H20FN3O2S/c1-25(23,24)22-13-18(17-16(22)3-2-9-20-17)8-10-21(12-18)11-14-4-6-15(19)7-5-14/h2-7,9H,8,10-13H2,1H3. The van der Waals surface area contributed by atoms with Crippen LogP contribution in [-0.4, -0.2) is 44.2 Å². The van der Waals surface area contributed by atoms with Gasteiger partial charge >= 0.3 is 0 Å². The van der Waals surface area contributed by atoms with E-state index in [1.54, 1.807) is 24.4 Å². The van der Waals surface area contributed by atoms with E-state index in [-0.39, 0.29) is 11.2 Å². The molecule has 132 valence electrons. The first-order valence-corrected chi connectivity index (χ1v) is 10.1. The van der Waals surface area contributed by atoms with Crippen molar-refractivity contribution in [2.75, 3.05) is 30.2 Å². The topological polar surface area (TPSA) is 53.5 Å². The van der Waals surface area contributed by atoms with Gasteiger partial charge in [-0.1, -0.05) is 12.1 Å². The van der Waals surface area contributed by atoms with Gasteiger partial charge in [-0.15, -0.1) is 0 Å². The molecule has 1 saturated heterocycles. The van der Waals surface area contributed by atoms with Crippen molar-refractivity contribution in [3.63, 3.8) is 0 Å². The lowest BCUT2D eigenvalue weighted by Gasteiger charge is -2.25. The maximum Gasteiger partial charge on any atom is 0.232 e. The monoisotopic (exact) mass is 361 g/mol. The lowest BCUT2D eigenvalue weighted by Crippen LogP contribution is -2.38. The highest BCUT2D eigenvalue weighted by Crippen LogP contribution is 2.46. The zero-order valence-corrected chi connectivity index (χ0v) is 14.8.